The molecule has 0 heterocycles. The molecule has 0 spiro atoms. The lowest BCUT2D eigenvalue weighted by Crippen LogP contribution is -2.02. The van der Waals surface area contributed by atoms with Gasteiger partial charge in [0.1, 0.15) is 0 Å². The Morgan fingerprint density at radius 3 is 2.74 bits per heavy atom. The quantitative estimate of drug-likeness (QED) is 0.323. The lowest BCUT2D eigenvalue weighted by Gasteiger charge is -2.10. The van der Waals surface area contributed by atoms with E-state index in [-0.39, 0.29) is 29.4 Å². The van der Waals surface area contributed by atoms with Crippen molar-refractivity contribution in [2.75, 3.05) is 13.7 Å². The molecule has 0 amide bonds. The van der Waals surface area contributed by atoms with Gasteiger partial charge < -0.3 is 9.47 Å². The Hall–Kier alpha value is -2.62. The number of carbonyl (C=O) groups excluding carboxylic acids is 1. The number of hydrogen-bond donors (Lipinski definition) is 0. The number of ether oxygens (including phenoxy) is 2. The smallest absolute Gasteiger partial charge is 0.283 e. The maximum absolute atomic E-state index is 10.8. The van der Waals surface area contributed by atoms with Gasteiger partial charge in [-0.15, -0.1) is 0 Å². The van der Waals surface area contributed by atoms with E-state index in [0.29, 0.717) is 19.1 Å². The summed E-state index contributed by atoms with van der Waals surface area (Å²) >= 11 is 0. The molecule has 0 aromatic heterocycles. The molecule has 0 aliphatic heterocycles. The van der Waals surface area contributed by atoms with E-state index in [2.05, 4.69) is 0 Å². The molecule has 1 aromatic carbocycles. The van der Waals surface area contributed by atoms with Crippen LogP contribution in [0.3, 0.4) is 0 Å². The number of hydrogen-bond acceptors (Lipinski definition) is 6. The van der Waals surface area contributed by atoms with Crippen LogP contribution in [0.15, 0.2) is 12.1 Å². The minimum atomic E-state index is -0.661. The van der Waals surface area contributed by atoms with Gasteiger partial charge in [0.25, 0.3) is 5.69 Å². The second kappa shape index (κ2) is 6.96. The minimum Gasteiger partial charge on any atom is -0.493 e. The topological polar surface area (TPSA) is 102 Å². The maximum atomic E-state index is 10.8. The van der Waals surface area contributed by atoms with Gasteiger partial charge in [0.05, 0.1) is 36.3 Å². The Bertz CT molecular complexity index is 522. The summed E-state index contributed by atoms with van der Waals surface area (Å²) < 4.78 is 10.3. The third-order valence-corrected chi connectivity index (χ3v) is 2.33. The Morgan fingerprint density at radius 2 is 2.21 bits per heavy atom. The van der Waals surface area contributed by atoms with Gasteiger partial charge in [-0.2, -0.15) is 5.26 Å². The normalized spacial score (nSPS) is 9.47. The molecule has 19 heavy (non-hydrogen) atoms. The molecule has 1 rings (SSSR count). The predicted octanol–water partition coefficient (Wildman–Crippen LogP) is 2.10. The standard InChI is InChI=1S/C12H12N2O5/c1-18-11-6-9(8-15)10(14(16)17)7-12(11)19-5-3-2-4-13/h6-8H,2-3,5H2,1H3. The van der Waals surface area contributed by atoms with Crippen molar-refractivity contribution in [3.8, 4) is 17.6 Å². The van der Waals surface area contributed by atoms with Crippen LogP contribution < -0.4 is 9.47 Å². The van der Waals surface area contributed by atoms with E-state index in [1.54, 1.807) is 0 Å². The Kier molecular flexibility index (Phi) is 5.29. The Labute approximate surface area is 109 Å². The van der Waals surface area contributed by atoms with Crippen LogP contribution in [0.1, 0.15) is 23.2 Å². The molecule has 0 bridgehead atoms. The minimum absolute atomic E-state index is 0.0776. The molecule has 0 saturated heterocycles. The number of rotatable bonds is 7. The van der Waals surface area contributed by atoms with E-state index in [9.17, 15) is 14.9 Å². The van der Waals surface area contributed by atoms with Crippen LogP contribution in [0.5, 0.6) is 11.5 Å². The van der Waals surface area contributed by atoms with Gasteiger partial charge >= 0.3 is 0 Å². The lowest BCUT2D eigenvalue weighted by atomic mass is 10.1. The summed E-state index contributed by atoms with van der Waals surface area (Å²) in [7, 11) is 1.37. The van der Waals surface area contributed by atoms with Gasteiger partial charge in [0, 0.05) is 12.5 Å². The van der Waals surface area contributed by atoms with Crippen molar-refractivity contribution in [2.45, 2.75) is 12.8 Å². The molecular weight excluding hydrogens is 252 g/mol. The summed E-state index contributed by atoms with van der Waals surface area (Å²) in [5.74, 6) is 0.419. The van der Waals surface area contributed by atoms with Crippen LogP contribution in [0.4, 0.5) is 5.69 Å². The molecule has 7 nitrogen and oxygen atoms in total. The highest BCUT2D eigenvalue weighted by molar-refractivity contribution is 5.83. The van der Waals surface area contributed by atoms with Gasteiger partial charge in [-0.3, -0.25) is 14.9 Å². The zero-order valence-corrected chi connectivity index (χ0v) is 10.3. The second-order valence-electron chi connectivity index (χ2n) is 3.55. The molecular formula is C12H12N2O5. The van der Waals surface area contributed by atoms with E-state index in [0.717, 1.165) is 6.07 Å². The van der Waals surface area contributed by atoms with Crippen molar-refractivity contribution >= 4 is 12.0 Å². The molecule has 100 valence electrons. The van der Waals surface area contributed by atoms with E-state index in [1.807, 2.05) is 6.07 Å². The number of nitro benzene ring substituents is 1. The largest absolute Gasteiger partial charge is 0.493 e. The van der Waals surface area contributed by atoms with Crippen molar-refractivity contribution in [2.24, 2.45) is 0 Å². The lowest BCUT2D eigenvalue weighted by molar-refractivity contribution is -0.385. The number of nitriles is 1. The van der Waals surface area contributed by atoms with Gasteiger partial charge in [-0.25, -0.2) is 0 Å². The number of benzene rings is 1. The highest BCUT2D eigenvalue weighted by Crippen LogP contribution is 2.34. The van der Waals surface area contributed by atoms with Crippen LogP contribution in [0.25, 0.3) is 0 Å². The molecule has 0 radical (unpaired) electrons. The van der Waals surface area contributed by atoms with Crippen LogP contribution in [0.2, 0.25) is 0 Å². The second-order valence-corrected chi connectivity index (χ2v) is 3.55. The monoisotopic (exact) mass is 264 g/mol. The fraction of sp³-hybridized carbons (Fsp3) is 0.333. The number of unbranched alkanes of at least 4 members (excludes halogenated alkanes) is 1. The van der Waals surface area contributed by atoms with Gasteiger partial charge in [0.2, 0.25) is 0 Å². The first-order chi connectivity index (χ1) is 9.13. The first-order valence-corrected chi connectivity index (χ1v) is 5.45. The zero-order chi connectivity index (χ0) is 14.3. The van der Waals surface area contributed by atoms with Crippen molar-refractivity contribution < 1.29 is 19.2 Å². The molecule has 7 heteroatoms. The SMILES string of the molecule is COc1cc(C=O)c([N+](=O)[O-])cc1OCCCC#N. The summed E-state index contributed by atoms with van der Waals surface area (Å²) in [5.41, 5.74) is -0.419. The molecule has 0 saturated carbocycles. The first-order valence-electron chi connectivity index (χ1n) is 5.45. The highest BCUT2D eigenvalue weighted by Gasteiger charge is 2.19. The fourth-order valence-electron chi connectivity index (χ4n) is 1.42. The summed E-state index contributed by atoms with van der Waals surface area (Å²) in [6.45, 7) is 0.238. The number of carbonyl (C=O) groups is 1. The van der Waals surface area contributed by atoms with E-state index >= 15 is 0 Å². The first kappa shape index (κ1) is 14.4. The van der Waals surface area contributed by atoms with Crippen LogP contribution in [-0.4, -0.2) is 24.9 Å². The number of nitro groups is 1. The van der Waals surface area contributed by atoms with E-state index in [4.69, 9.17) is 14.7 Å². The molecule has 0 aliphatic carbocycles. The summed E-state index contributed by atoms with van der Waals surface area (Å²) in [4.78, 5) is 20.9. The molecule has 0 aliphatic rings. The average molecular weight is 264 g/mol. The number of nitrogens with zero attached hydrogens (tertiary/aromatic N) is 2. The van der Waals surface area contributed by atoms with E-state index < -0.39 is 4.92 Å². The van der Waals surface area contributed by atoms with Crippen LogP contribution in [0, 0.1) is 21.4 Å². The van der Waals surface area contributed by atoms with Gasteiger partial charge in [-0.05, 0) is 6.42 Å². The Morgan fingerprint density at radius 1 is 1.47 bits per heavy atom. The molecule has 0 unspecified atom stereocenters. The summed E-state index contributed by atoms with van der Waals surface area (Å²) in [5, 5.41) is 19.2. The molecule has 0 atom stereocenters. The summed E-state index contributed by atoms with van der Waals surface area (Å²) in [6, 6.07) is 4.37. The maximum Gasteiger partial charge on any atom is 0.283 e. The molecule has 0 fully saturated rings. The van der Waals surface area contributed by atoms with E-state index in [1.165, 1.54) is 13.2 Å². The highest BCUT2D eigenvalue weighted by atomic mass is 16.6. The third kappa shape index (κ3) is 3.67. The van der Waals surface area contributed by atoms with Crippen molar-refractivity contribution in [3.63, 3.8) is 0 Å². The number of methoxy groups -OCH3 is 1. The van der Waals surface area contributed by atoms with Crippen LogP contribution >= 0.6 is 0 Å². The van der Waals surface area contributed by atoms with Gasteiger partial charge in [0.15, 0.2) is 17.8 Å². The van der Waals surface area contributed by atoms with Crippen molar-refractivity contribution in [3.05, 3.63) is 27.8 Å². The Balaban J connectivity index is 3.01. The zero-order valence-electron chi connectivity index (χ0n) is 10.3. The van der Waals surface area contributed by atoms with Gasteiger partial charge in [-0.1, -0.05) is 0 Å². The molecule has 0 N–H and O–H groups in total. The van der Waals surface area contributed by atoms with Crippen molar-refractivity contribution in [1.82, 2.24) is 0 Å². The third-order valence-electron chi connectivity index (χ3n) is 2.33. The predicted molar refractivity (Wildman–Crippen MR) is 65.4 cm³/mol. The summed E-state index contributed by atoms with van der Waals surface area (Å²) in [6.07, 6.45) is 1.22. The van der Waals surface area contributed by atoms with Crippen LogP contribution in [-0.2, 0) is 0 Å². The fourth-order valence-corrected chi connectivity index (χ4v) is 1.42. The molecule has 1 aromatic rings. The number of aldehydes is 1. The van der Waals surface area contributed by atoms with Crippen molar-refractivity contribution in [1.29, 1.82) is 5.26 Å². The average Bonchev–Trinajstić information content (AvgIpc) is 2.42.